The molecule has 1 aromatic carbocycles. The van der Waals surface area contributed by atoms with E-state index < -0.39 is 11.2 Å². The van der Waals surface area contributed by atoms with Gasteiger partial charge in [0.1, 0.15) is 11.1 Å². The number of fused-ring (bicyclic) bond motifs is 1. The first-order chi connectivity index (χ1) is 12.2. The molecule has 1 saturated heterocycles. The van der Waals surface area contributed by atoms with Crippen LogP contribution in [0.25, 0.3) is 11.0 Å². The highest BCUT2D eigenvalue weighted by atomic mass is 16.4. The van der Waals surface area contributed by atoms with Crippen LogP contribution in [0.15, 0.2) is 58.0 Å². The van der Waals surface area contributed by atoms with Crippen molar-refractivity contribution in [2.45, 2.75) is 18.4 Å². The highest BCUT2D eigenvalue weighted by molar-refractivity contribution is 5.98. The Morgan fingerprint density at radius 2 is 2.08 bits per heavy atom. The van der Waals surface area contributed by atoms with Crippen molar-refractivity contribution in [3.05, 3.63) is 59.2 Å². The number of amides is 1. The Labute approximate surface area is 143 Å². The Morgan fingerprint density at radius 3 is 2.84 bits per heavy atom. The lowest BCUT2D eigenvalue weighted by atomic mass is 9.87. The van der Waals surface area contributed by atoms with Crippen molar-refractivity contribution in [2.24, 2.45) is 0 Å². The van der Waals surface area contributed by atoms with Crippen LogP contribution in [0, 0.1) is 0 Å². The number of benzene rings is 1. The lowest BCUT2D eigenvalue weighted by Gasteiger charge is -2.36. The fourth-order valence-electron chi connectivity index (χ4n) is 3.32. The van der Waals surface area contributed by atoms with Crippen molar-refractivity contribution in [3.8, 4) is 0 Å². The van der Waals surface area contributed by atoms with Crippen LogP contribution in [-0.4, -0.2) is 28.8 Å². The fraction of sp³-hybridized carbons (Fsp3) is 0.278. The topological polar surface area (TPSA) is 89.2 Å². The summed E-state index contributed by atoms with van der Waals surface area (Å²) in [6.45, 7) is 1.52. The van der Waals surface area contributed by atoms with Gasteiger partial charge in [-0.2, -0.15) is 5.10 Å². The van der Waals surface area contributed by atoms with E-state index in [1.807, 2.05) is 12.3 Å². The van der Waals surface area contributed by atoms with E-state index in [-0.39, 0.29) is 5.91 Å². The van der Waals surface area contributed by atoms with Gasteiger partial charge in [0.2, 0.25) is 0 Å². The van der Waals surface area contributed by atoms with Gasteiger partial charge in [-0.3, -0.25) is 9.48 Å². The molecule has 4 rings (SSSR count). The number of carbonyl (C=O) groups excluding carboxylic acids is 1. The summed E-state index contributed by atoms with van der Waals surface area (Å²) in [5.41, 5.74) is 0.0645. The third-order valence-electron chi connectivity index (χ3n) is 4.67. The van der Waals surface area contributed by atoms with Gasteiger partial charge in [0.05, 0.1) is 0 Å². The number of nitrogens with zero attached hydrogens (tertiary/aromatic N) is 2. The quantitative estimate of drug-likeness (QED) is 0.710. The van der Waals surface area contributed by atoms with Crippen LogP contribution in [0.2, 0.25) is 0 Å². The zero-order valence-electron chi connectivity index (χ0n) is 13.6. The molecular formula is C18H18N4O3. The van der Waals surface area contributed by atoms with Crippen LogP contribution >= 0.6 is 0 Å². The van der Waals surface area contributed by atoms with E-state index >= 15 is 0 Å². The summed E-state index contributed by atoms with van der Waals surface area (Å²) in [5, 5.41) is 11.4. The van der Waals surface area contributed by atoms with Crippen LogP contribution in [0.3, 0.4) is 0 Å². The van der Waals surface area contributed by atoms with Crippen LogP contribution < -0.4 is 16.3 Å². The number of piperidine rings is 1. The van der Waals surface area contributed by atoms with Gasteiger partial charge in [-0.25, -0.2) is 4.79 Å². The zero-order valence-corrected chi connectivity index (χ0v) is 13.6. The van der Waals surface area contributed by atoms with Gasteiger partial charge in [0.15, 0.2) is 0 Å². The SMILES string of the molecule is O=C(Nc1ccc2oc(=O)ccc2c1)C1(n2cccn2)CCNCC1. The summed E-state index contributed by atoms with van der Waals surface area (Å²) in [5.74, 6) is -0.0885. The molecular weight excluding hydrogens is 320 g/mol. The Kier molecular flexibility index (Phi) is 3.85. The van der Waals surface area contributed by atoms with Crippen LogP contribution in [0.5, 0.6) is 0 Å². The van der Waals surface area contributed by atoms with E-state index in [2.05, 4.69) is 15.7 Å². The zero-order chi connectivity index (χ0) is 17.3. The molecule has 1 aliphatic rings. The van der Waals surface area contributed by atoms with Crippen molar-refractivity contribution in [3.63, 3.8) is 0 Å². The molecule has 1 amide bonds. The standard InChI is InChI=1S/C18H18N4O3/c23-16-5-2-13-12-14(3-4-15(13)25-16)21-17(24)18(6-9-19-10-7-18)22-11-1-8-20-22/h1-5,8,11-12,19H,6-7,9-10H2,(H,21,24). The molecule has 0 atom stereocenters. The third kappa shape index (κ3) is 2.83. The minimum atomic E-state index is -0.701. The average Bonchev–Trinajstić information content (AvgIpc) is 3.17. The van der Waals surface area contributed by atoms with Crippen LogP contribution in [0.4, 0.5) is 5.69 Å². The molecule has 1 aliphatic heterocycles. The maximum Gasteiger partial charge on any atom is 0.336 e. The van der Waals surface area contributed by atoms with Crippen molar-refractivity contribution in [1.82, 2.24) is 15.1 Å². The molecule has 128 valence electrons. The molecule has 3 heterocycles. The van der Waals surface area contributed by atoms with Gasteiger partial charge in [0, 0.05) is 29.5 Å². The van der Waals surface area contributed by atoms with E-state index in [9.17, 15) is 9.59 Å². The van der Waals surface area contributed by atoms with Gasteiger partial charge < -0.3 is 15.1 Å². The van der Waals surface area contributed by atoms with Crippen molar-refractivity contribution in [1.29, 1.82) is 0 Å². The molecule has 25 heavy (non-hydrogen) atoms. The molecule has 2 aromatic heterocycles. The van der Waals surface area contributed by atoms with E-state index in [0.29, 0.717) is 24.1 Å². The molecule has 0 bridgehead atoms. The van der Waals surface area contributed by atoms with E-state index in [0.717, 1.165) is 18.5 Å². The average molecular weight is 338 g/mol. The highest BCUT2D eigenvalue weighted by Crippen LogP contribution is 2.29. The van der Waals surface area contributed by atoms with E-state index in [4.69, 9.17) is 4.42 Å². The highest BCUT2D eigenvalue weighted by Gasteiger charge is 2.42. The number of carbonyl (C=O) groups is 1. The molecule has 0 aliphatic carbocycles. The molecule has 0 saturated carbocycles. The summed E-state index contributed by atoms with van der Waals surface area (Å²) >= 11 is 0. The second-order valence-corrected chi connectivity index (χ2v) is 6.19. The predicted molar refractivity (Wildman–Crippen MR) is 93.4 cm³/mol. The first-order valence-electron chi connectivity index (χ1n) is 8.24. The Hall–Kier alpha value is -2.93. The largest absolute Gasteiger partial charge is 0.423 e. The van der Waals surface area contributed by atoms with E-state index in [1.165, 1.54) is 6.07 Å². The fourth-order valence-corrected chi connectivity index (χ4v) is 3.32. The summed E-state index contributed by atoms with van der Waals surface area (Å²) in [4.78, 5) is 24.4. The van der Waals surface area contributed by atoms with Crippen molar-refractivity contribution < 1.29 is 9.21 Å². The number of anilines is 1. The first-order valence-corrected chi connectivity index (χ1v) is 8.24. The molecule has 0 unspecified atom stereocenters. The monoisotopic (exact) mass is 338 g/mol. The van der Waals surface area contributed by atoms with Crippen molar-refractivity contribution >= 4 is 22.6 Å². The number of hydrogen-bond acceptors (Lipinski definition) is 5. The maximum absolute atomic E-state index is 13.1. The number of hydrogen-bond donors (Lipinski definition) is 2. The molecule has 0 spiro atoms. The molecule has 3 aromatic rings. The number of nitrogens with one attached hydrogen (secondary N) is 2. The summed E-state index contributed by atoms with van der Waals surface area (Å²) in [6.07, 6.45) is 4.86. The first kappa shape index (κ1) is 15.6. The normalized spacial score (nSPS) is 16.6. The summed E-state index contributed by atoms with van der Waals surface area (Å²) < 4.78 is 6.88. The molecule has 7 nitrogen and oxygen atoms in total. The lowest BCUT2D eigenvalue weighted by Crippen LogP contribution is -2.52. The Bertz CT molecular complexity index is 956. The number of aromatic nitrogens is 2. The van der Waals surface area contributed by atoms with Crippen molar-refractivity contribution in [2.75, 3.05) is 18.4 Å². The number of rotatable bonds is 3. The Morgan fingerprint density at radius 1 is 1.24 bits per heavy atom. The Balaban J connectivity index is 1.65. The van der Waals surface area contributed by atoms with Crippen LogP contribution in [0.1, 0.15) is 12.8 Å². The molecule has 7 heteroatoms. The second-order valence-electron chi connectivity index (χ2n) is 6.19. The molecule has 1 fully saturated rings. The second kappa shape index (κ2) is 6.18. The summed E-state index contributed by atoms with van der Waals surface area (Å²) in [6, 6.07) is 10.1. The minimum absolute atomic E-state index is 0.0885. The third-order valence-corrected chi connectivity index (χ3v) is 4.67. The lowest BCUT2D eigenvalue weighted by molar-refractivity contribution is -0.126. The van der Waals surface area contributed by atoms with Gasteiger partial charge in [-0.05, 0) is 56.3 Å². The van der Waals surface area contributed by atoms with Gasteiger partial charge in [-0.1, -0.05) is 0 Å². The maximum atomic E-state index is 13.1. The van der Waals surface area contributed by atoms with Crippen LogP contribution in [-0.2, 0) is 10.3 Å². The van der Waals surface area contributed by atoms with Gasteiger partial charge in [0.25, 0.3) is 5.91 Å². The van der Waals surface area contributed by atoms with Gasteiger partial charge >= 0.3 is 5.63 Å². The predicted octanol–water partition coefficient (Wildman–Crippen LogP) is 1.71. The smallest absolute Gasteiger partial charge is 0.336 e. The summed E-state index contributed by atoms with van der Waals surface area (Å²) in [7, 11) is 0. The van der Waals surface area contributed by atoms with E-state index in [1.54, 1.807) is 35.1 Å². The molecule has 0 radical (unpaired) electrons. The minimum Gasteiger partial charge on any atom is -0.423 e. The molecule has 2 N–H and O–H groups in total. The van der Waals surface area contributed by atoms with Gasteiger partial charge in [-0.15, -0.1) is 0 Å².